The van der Waals surface area contributed by atoms with Gasteiger partial charge in [0.05, 0.1) is 5.75 Å². The van der Waals surface area contributed by atoms with Gasteiger partial charge in [-0.15, -0.1) is 0 Å². The van der Waals surface area contributed by atoms with Crippen LogP contribution in [0, 0.1) is 5.92 Å². The number of sulfonamides is 1. The lowest BCUT2D eigenvalue weighted by molar-refractivity contribution is -0.136. The van der Waals surface area contributed by atoms with E-state index in [0.717, 1.165) is 6.42 Å². The van der Waals surface area contributed by atoms with E-state index in [2.05, 4.69) is 12.1 Å². The third kappa shape index (κ3) is 5.52. The van der Waals surface area contributed by atoms with Gasteiger partial charge in [0, 0.05) is 38.6 Å². The summed E-state index contributed by atoms with van der Waals surface area (Å²) < 4.78 is 25.4. The lowest BCUT2D eigenvalue weighted by atomic mass is 9.96. The number of hydrogen-bond acceptors (Lipinski definition) is 4. The number of rotatable bonds is 8. The second-order valence-corrected chi connectivity index (χ2v) is 8.68. The number of hydrogen-bond donors (Lipinski definition) is 1. The van der Waals surface area contributed by atoms with E-state index in [-0.39, 0.29) is 17.6 Å². The zero-order valence-corrected chi connectivity index (χ0v) is 15.7. The molecule has 1 aromatic rings. The Labute approximate surface area is 151 Å². The van der Waals surface area contributed by atoms with Gasteiger partial charge in [0.2, 0.25) is 15.9 Å². The minimum absolute atomic E-state index is 0.106. The average molecular weight is 368 g/mol. The van der Waals surface area contributed by atoms with Crippen LogP contribution in [0.25, 0.3) is 0 Å². The van der Waals surface area contributed by atoms with Crippen molar-refractivity contribution in [1.82, 2.24) is 9.21 Å². The normalized spacial score (nSPS) is 16.7. The van der Waals surface area contributed by atoms with Crippen molar-refractivity contribution in [3.63, 3.8) is 0 Å². The van der Waals surface area contributed by atoms with Crippen LogP contribution in [0.2, 0.25) is 0 Å². The van der Waals surface area contributed by atoms with Crippen molar-refractivity contribution < 1.29 is 13.2 Å². The van der Waals surface area contributed by atoms with Gasteiger partial charge < -0.3 is 10.6 Å². The van der Waals surface area contributed by atoms with Crippen LogP contribution < -0.4 is 5.73 Å². The predicted octanol–water partition coefficient (Wildman–Crippen LogP) is 1.08. The Morgan fingerprint density at radius 3 is 2.40 bits per heavy atom. The van der Waals surface area contributed by atoms with Crippen LogP contribution in [0.5, 0.6) is 0 Å². The minimum Gasteiger partial charge on any atom is -0.341 e. The molecule has 0 bridgehead atoms. The van der Waals surface area contributed by atoms with Gasteiger partial charge in [-0.1, -0.05) is 30.3 Å². The lowest BCUT2D eigenvalue weighted by Crippen LogP contribution is -2.46. The molecule has 0 spiro atoms. The highest BCUT2D eigenvalue weighted by Crippen LogP contribution is 2.22. The summed E-state index contributed by atoms with van der Waals surface area (Å²) in [7, 11) is -3.16. The Morgan fingerprint density at radius 2 is 1.84 bits per heavy atom. The molecule has 1 aliphatic rings. The summed E-state index contributed by atoms with van der Waals surface area (Å²) in [6.45, 7) is 4.14. The van der Waals surface area contributed by atoms with Gasteiger partial charge in [0.15, 0.2) is 0 Å². The molecule has 1 aliphatic heterocycles. The molecule has 1 heterocycles. The van der Waals surface area contributed by atoms with Gasteiger partial charge >= 0.3 is 0 Å². The second kappa shape index (κ2) is 9.31. The van der Waals surface area contributed by atoms with E-state index < -0.39 is 10.0 Å². The van der Waals surface area contributed by atoms with Gasteiger partial charge in [0.1, 0.15) is 0 Å². The Hall–Kier alpha value is -1.44. The molecule has 1 saturated heterocycles. The monoisotopic (exact) mass is 367 g/mol. The van der Waals surface area contributed by atoms with Gasteiger partial charge in [-0.2, -0.15) is 0 Å². The van der Waals surface area contributed by atoms with Crippen LogP contribution >= 0.6 is 0 Å². The van der Waals surface area contributed by atoms with Crippen molar-refractivity contribution in [3.8, 4) is 0 Å². The summed E-state index contributed by atoms with van der Waals surface area (Å²) in [5.41, 5.74) is 6.88. The standard InChI is InChI=1S/C18H29N3O3S/c1-2-25(23,24)21-13-9-17(10-14-21)18(22)20(15-11-19)12-8-16-6-4-3-5-7-16/h3-7,17H,2,8-15,19H2,1H3. The molecule has 1 amide bonds. The van der Waals surface area contributed by atoms with E-state index >= 15 is 0 Å². The highest BCUT2D eigenvalue weighted by molar-refractivity contribution is 7.89. The van der Waals surface area contributed by atoms with Crippen molar-refractivity contribution in [1.29, 1.82) is 0 Å². The van der Waals surface area contributed by atoms with E-state index in [1.165, 1.54) is 9.87 Å². The molecule has 0 radical (unpaired) electrons. The molecular weight excluding hydrogens is 338 g/mol. The quantitative estimate of drug-likeness (QED) is 0.745. The molecule has 6 nitrogen and oxygen atoms in total. The zero-order chi connectivity index (χ0) is 18.3. The number of nitrogens with zero attached hydrogens (tertiary/aromatic N) is 2. The Bertz CT molecular complexity index is 641. The third-order valence-corrected chi connectivity index (χ3v) is 6.67. The van der Waals surface area contributed by atoms with E-state index in [1.807, 2.05) is 23.1 Å². The number of amides is 1. The predicted molar refractivity (Wildman–Crippen MR) is 99.5 cm³/mol. The van der Waals surface area contributed by atoms with Crippen LogP contribution in [0.3, 0.4) is 0 Å². The smallest absolute Gasteiger partial charge is 0.225 e. The summed E-state index contributed by atoms with van der Waals surface area (Å²) in [4.78, 5) is 14.7. The van der Waals surface area contributed by atoms with E-state index in [9.17, 15) is 13.2 Å². The van der Waals surface area contributed by atoms with Crippen LogP contribution in [-0.4, -0.2) is 62.0 Å². The Kier molecular flexibility index (Phi) is 7.40. The maximum absolute atomic E-state index is 12.8. The highest BCUT2D eigenvalue weighted by Gasteiger charge is 2.32. The van der Waals surface area contributed by atoms with E-state index in [4.69, 9.17) is 5.73 Å². The fraction of sp³-hybridized carbons (Fsp3) is 0.611. The molecule has 7 heteroatoms. The molecule has 140 valence electrons. The van der Waals surface area contributed by atoms with E-state index in [1.54, 1.807) is 6.92 Å². The minimum atomic E-state index is -3.16. The highest BCUT2D eigenvalue weighted by atomic mass is 32.2. The number of carbonyl (C=O) groups excluding carboxylic acids is 1. The molecule has 1 aromatic carbocycles. The first kappa shape index (κ1) is 19.9. The molecule has 25 heavy (non-hydrogen) atoms. The van der Waals surface area contributed by atoms with Gasteiger partial charge in [-0.05, 0) is 31.7 Å². The molecule has 1 fully saturated rings. The summed E-state index contributed by atoms with van der Waals surface area (Å²) >= 11 is 0. The van der Waals surface area contributed by atoms with Crippen molar-refractivity contribution in [2.75, 3.05) is 38.5 Å². The van der Waals surface area contributed by atoms with Crippen LogP contribution in [-0.2, 0) is 21.2 Å². The summed E-state index contributed by atoms with van der Waals surface area (Å²) in [6.07, 6.45) is 1.98. The molecular formula is C18H29N3O3S. The number of benzene rings is 1. The SMILES string of the molecule is CCS(=O)(=O)N1CCC(C(=O)N(CCN)CCc2ccccc2)CC1. The molecule has 0 atom stereocenters. The maximum atomic E-state index is 12.8. The Balaban J connectivity index is 1.92. The summed E-state index contributed by atoms with van der Waals surface area (Å²) in [5.74, 6) is 0.114. The van der Waals surface area contributed by atoms with Gasteiger partial charge in [-0.3, -0.25) is 4.79 Å². The summed E-state index contributed by atoms with van der Waals surface area (Å²) in [5, 5.41) is 0. The fourth-order valence-corrected chi connectivity index (χ4v) is 4.35. The zero-order valence-electron chi connectivity index (χ0n) is 14.9. The first-order chi connectivity index (χ1) is 12.0. The fourth-order valence-electron chi connectivity index (χ4n) is 3.22. The number of piperidine rings is 1. The van der Waals surface area contributed by atoms with Crippen LogP contribution in [0.1, 0.15) is 25.3 Å². The third-order valence-electron chi connectivity index (χ3n) is 4.79. The van der Waals surface area contributed by atoms with Crippen LogP contribution in [0.15, 0.2) is 30.3 Å². The molecule has 0 aliphatic carbocycles. The van der Waals surface area contributed by atoms with Gasteiger partial charge in [-0.25, -0.2) is 12.7 Å². The van der Waals surface area contributed by atoms with Crippen LogP contribution in [0.4, 0.5) is 0 Å². The van der Waals surface area contributed by atoms with Gasteiger partial charge in [0.25, 0.3) is 0 Å². The van der Waals surface area contributed by atoms with Crippen molar-refractivity contribution in [2.45, 2.75) is 26.2 Å². The molecule has 0 saturated carbocycles. The molecule has 2 rings (SSSR count). The topological polar surface area (TPSA) is 83.7 Å². The van der Waals surface area contributed by atoms with E-state index in [0.29, 0.717) is 45.6 Å². The first-order valence-corrected chi connectivity index (χ1v) is 10.6. The lowest BCUT2D eigenvalue weighted by Gasteiger charge is -2.33. The summed E-state index contributed by atoms with van der Waals surface area (Å²) in [6, 6.07) is 10.1. The molecule has 2 N–H and O–H groups in total. The molecule has 0 aromatic heterocycles. The maximum Gasteiger partial charge on any atom is 0.225 e. The van der Waals surface area contributed by atoms with Crippen molar-refractivity contribution in [3.05, 3.63) is 35.9 Å². The number of carbonyl (C=O) groups is 1. The van der Waals surface area contributed by atoms with Crippen molar-refractivity contribution >= 4 is 15.9 Å². The second-order valence-electron chi connectivity index (χ2n) is 6.42. The largest absolute Gasteiger partial charge is 0.341 e. The number of nitrogens with two attached hydrogens (primary N) is 1. The van der Waals surface area contributed by atoms with Crippen molar-refractivity contribution in [2.24, 2.45) is 11.7 Å². The Morgan fingerprint density at radius 1 is 1.20 bits per heavy atom. The molecule has 0 unspecified atom stereocenters. The first-order valence-electron chi connectivity index (χ1n) is 8.98. The average Bonchev–Trinajstić information content (AvgIpc) is 2.65.